The number of hydrogen-bond donors (Lipinski definition) is 0. The maximum atomic E-state index is 2.45. The Labute approximate surface area is 179 Å². The molecule has 5 rings (SSSR count). The van der Waals surface area contributed by atoms with Gasteiger partial charge >= 0.3 is 0 Å². The van der Waals surface area contributed by atoms with Crippen molar-refractivity contribution in [1.82, 2.24) is 4.57 Å². The zero-order valence-electron chi connectivity index (χ0n) is 18.3. The highest BCUT2D eigenvalue weighted by Gasteiger charge is 2.65. The van der Waals surface area contributed by atoms with Gasteiger partial charge in [0.05, 0.1) is 19.8 Å². The molecule has 0 saturated carbocycles. The molecule has 3 aromatic carbocycles. The molecule has 1 fully saturated rings. The maximum Gasteiger partial charge on any atom is 0.158 e. The third-order valence-corrected chi connectivity index (χ3v) is 7.74. The van der Waals surface area contributed by atoms with E-state index in [1.165, 1.54) is 33.7 Å². The maximum absolute atomic E-state index is 2.45. The molecule has 30 heavy (non-hydrogen) atoms. The molecule has 0 amide bonds. The second-order valence-electron chi connectivity index (χ2n) is 8.93. The highest BCUT2D eigenvalue weighted by Crippen LogP contribution is 2.60. The van der Waals surface area contributed by atoms with Crippen molar-refractivity contribution in [2.45, 2.75) is 25.5 Å². The van der Waals surface area contributed by atoms with E-state index in [1.807, 2.05) is 0 Å². The molecule has 0 unspecified atom stereocenters. The van der Waals surface area contributed by atoms with Crippen LogP contribution in [0.5, 0.6) is 0 Å². The first-order valence-corrected chi connectivity index (χ1v) is 10.9. The van der Waals surface area contributed by atoms with Gasteiger partial charge in [-0.25, -0.2) is 0 Å². The largest absolute Gasteiger partial charge is 0.271 e. The molecule has 0 aliphatic carbocycles. The van der Waals surface area contributed by atoms with E-state index in [2.05, 4.69) is 128 Å². The van der Waals surface area contributed by atoms with Crippen molar-refractivity contribution in [3.05, 3.63) is 114 Å². The van der Waals surface area contributed by atoms with Gasteiger partial charge in [-0.15, -0.1) is 11.6 Å². The summed E-state index contributed by atoms with van der Waals surface area (Å²) in [6.07, 6.45) is -1.01. The van der Waals surface area contributed by atoms with Crippen LogP contribution in [0.2, 0.25) is 0 Å². The number of rotatable bonds is 4. The van der Waals surface area contributed by atoms with Gasteiger partial charge in [0.15, 0.2) is 6.15 Å². The summed E-state index contributed by atoms with van der Waals surface area (Å²) in [5.41, 5.74) is 8.46. The van der Waals surface area contributed by atoms with Crippen molar-refractivity contribution < 1.29 is 4.57 Å². The van der Waals surface area contributed by atoms with Crippen LogP contribution in [0.3, 0.4) is 0 Å². The predicted octanol–water partition coefficient (Wildman–Crippen LogP) is 3.69. The fourth-order valence-corrected chi connectivity index (χ4v) is 6.19. The van der Waals surface area contributed by atoms with Gasteiger partial charge in [-0.2, -0.15) is 5.46 Å². The van der Waals surface area contributed by atoms with Gasteiger partial charge < -0.3 is 0 Å². The molecular formula is C27H29BN2. The molecule has 2 nitrogen and oxygen atoms in total. The fraction of sp³-hybridized carbons (Fsp3) is 0.222. The van der Waals surface area contributed by atoms with E-state index in [0.29, 0.717) is 11.6 Å². The third kappa shape index (κ3) is 2.54. The summed E-state index contributed by atoms with van der Waals surface area (Å²) in [6, 6.07) is 33.5. The predicted molar refractivity (Wildman–Crippen MR) is 126 cm³/mol. The lowest BCUT2D eigenvalue weighted by atomic mass is 9.31. The minimum atomic E-state index is -1.01. The Bertz CT molecular complexity index is 1110. The number of aromatic nitrogens is 2. The molecule has 4 aromatic rings. The van der Waals surface area contributed by atoms with Gasteiger partial charge in [-0.3, -0.25) is 9.13 Å². The van der Waals surface area contributed by atoms with Crippen molar-refractivity contribution in [3.8, 4) is 0 Å². The van der Waals surface area contributed by atoms with Crippen LogP contribution in [-0.4, -0.2) is 10.7 Å². The van der Waals surface area contributed by atoms with Crippen LogP contribution in [0.4, 0.5) is 0 Å². The minimum Gasteiger partial charge on any atom is -0.271 e. The summed E-state index contributed by atoms with van der Waals surface area (Å²) in [5, 5.41) is 0. The summed E-state index contributed by atoms with van der Waals surface area (Å²) in [4.78, 5) is 0. The van der Waals surface area contributed by atoms with E-state index in [4.69, 9.17) is 0 Å². The molecule has 3 heteroatoms. The van der Waals surface area contributed by atoms with Crippen LogP contribution >= 0.6 is 0 Å². The van der Waals surface area contributed by atoms with Gasteiger partial charge in [-0.05, 0) is 0 Å². The van der Waals surface area contributed by atoms with E-state index in [9.17, 15) is 0 Å². The zero-order valence-corrected chi connectivity index (χ0v) is 18.3. The Balaban J connectivity index is 1.85. The molecule has 2 heterocycles. The summed E-state index contributed by atoms with van der Waals surface area (Å²) >= 11 is 0. The highest BCUT2D eigenvalue weighted by molar-refractivity contribution is 7.11. The van der Waals surface area contributed by atoms with E-state index >= 15 is 0 Å². The van der Waals surface area contributed by atoms with Crippen LogP contribution < -0.4 is 15.8 Å². The second kappa shape index (κ2) is 7.02. The summed E-state index contributed by atoms with van der Waals surface area (Å²) in [5.74, 6) is 0.907. The molecule has 1 saturated heterocycles. The average Bonchev–Trinajstić information content (AvgIpc) is 3.45. The number of benzene rings is 3. The molecule has 1 aliphatic heterocycles. The second-order valence-corrected chi connectivity index (χ2v) is 8.93. The van der Waals surface area contributed by atoms with Crippen LogP contribution in [0.25, 0.3) is 0 Å². The van der Waals surface area contributed by atoms with Gasteiger partial charge in [0, 0.05) is 13.8 Å². The van der Waals surface area contributed by atoms with Crippen molar-refractivity contribution in [2.75, 3.05) is 0 Å². The van der Waals surface area contributed by atoms with Gasteiger partial charge in [0.1, 0.15) is 11.4 Å². The summed E-state index contributed by atoms with van der Waals surface area (Å²) in [6.45, 7) is 4.48. The van der Waals surface area contributed by atoms with E-state index in [1.54, 1.807) is 0 Å². The Morgan fingerprint density at radius 2 is 1.13 bits per heavy atom. The van der Waals surface area contributed by atoms with Crippen molar-refractivity contribution in [1.29, 1.82) is 0 Å². The lowest BCUT2D eigenvalue weighted by molar-refractivity contribution is -0.659. The smallest absolute Gasteiger partial charge is 0.158 e. The van der Waals surface area contributed by atoms with Gasteiger partial charge in [-0.1, -0.05) is 102 Å². The molecule has 150 valence electrons. The minimum absolute atomic E-state index is 0.453. The number of imidazole rings is 1. The first-order valence-electron chi connectivity index (χ1n) is 10.9. The monoisotopic (exact) mass is 392 g/mol. The van der Waals surface area contributed by atoms with Crippen molar-refractivity contribution in [3.63, 3.8) is 0 Å². The molecule has 1 aromatic heterocycles. The van der Waals surface area contributed by atoms with E-state index in [-0.39, 0.29) is 0 Å². The lowest BCUT2D eigenvalue weighted by Gasteiger charge is -2.24. The molecular weight excluding hydrogens is 363 g/mol. The van der Waals surface area contributed by atoms with Crippen LogP contribution in [0.15, 0.2) is 91.0 Å². The number of nitrogens with zero attached hydrogens (tertiary/aromatic N) is 2. The van der Waals surface area contributed by atoms with Crippen LogP contribution in [0.1, 0.15) is 34.1 Å². The van der Waals surface area contributed by atoms with Crippen molar-refractivity contribution >= 4 is 17.3 Å². The third-order valence-electron chi connectivity index (χ3n) is 7.74. The number of hydrogen-bond acceptors (Lipinski definition) is 0. The topological polar surface area (TPSA) is 8.81 Å². The zero-order chi connectivity index (χ0) is 20.9. The van der Waals surface area contributed by atoms with Crippen LogP contribution in [0, 0.1) is 13.8 Å². The first kappa shape index (κ1) is 18.9. The quantitative estimate of drug-likeness (QED) is 0.370. The first-order chi connectivity index (χ1) is 14.6. The Kier molecular flexibility index (Phi) is 4.43. The standard InChI is InChI=1S/C27H29BN2/c1-20-21(2)30(4)27(29(20)3)28(24-18-12-7-13-19-24)25(22-14-8-5-9-15-22)26(28)23-16-10-6-11-17-23/h5-19,25-26H,1-4H3/t25-,26-/m1/s1. The Morgan fingerprint density at radius 3 is 1.53 bits per heavy atom. The summed E-state index contributed by atoms with van der Waals surface area (Å²) in [7, 11) is 4.49. The van der Waals surface area contributed by atoms with Gasteiger partial charge in [0.25, 0.3) is 0 Å². The van der Waals surface area contributed by atoms with Gasteiger partial charge in [0.2, 0.25) is 0 Å². The molecule has 0 bridgehead atoms. The van der Waals surface area contributed by atoms with Crippen LogP contribution in [-0.2, 0) is 14.1 Å². The van der Waals surface area contributed by atoms with E-state index in [0.717, 1.165) is 0 Å². The molecule has 0 radical (unpaired) electrons. The molecule has 2 atom stereocenters. The fourth-order valence-electron chi connectivity index (χ4n) is 6.19. The highest BCUT2D eigenvalue weighted by atomic mass is 15.1. The SMILES string of the molecule is Cc1c(C)[n+](C)c([B-]2(c3ccccc3)[C@H](c3ccccc3)[C@H]2c2ccccc2)n1C. The van der Waals surface area contributed by atoms with E-state index < -0.39 is 6.15 Å². The molecule has 0 spiro atoms. The molecule has 1 aliphatic rings. The lowest BCUT2D eigenvalue weighted by Crippen LogP contribution is -2.65. The Hall–Kier alpha value is -3.07. The molecule has 0 N–H and O–H groups in total. The van der Waals surface area contributed by atoms with Crippen molar-refractivity contribution in [2.24, 2.45) is 14.1 Å². The average molecular weight is 392 g/mol. The Morgan fingerprint density at radius 1 is 0.700 bits per heavy atom. The summed E-state index contributed by atoms with van der Waals surface area (Å²) < 4.78 is 4.89. The normalized spacial score (nSPS) is 22.8.